The van der Waals surface area contributed by atoms with E-state index in [1.165, 1.54) is 6.92 Å². The summed E-state index contributed by atoms with van der Waals surface area (Å²) in [6, 6.07) is 0. The van der Waals surface area contributed by atoms with E-state index in [0.29, 0.717) is 0 Å². The summed E-state index contributed by atoms with van der Waals surface area (Å²) in [6.07, 6.45) is 0. The molecule has 5 nitrogen and oxygen atoms in total. The normalized spacial score (nSPS) is 15.1. The maximum absolute atomic E-state index is 13.7. The predicted octanol–water partition coefficient (Wildman–Crippen LogP) is 1.25. The van der Waals surface area contributed by atoms with E-state index in [4.69, 9.17) is 5.11 Å². The van der Waals surface area contributed by atoms with Gasteiger partial charge in [0.15, 0.2) is 0 Å². The number of hydrogen-bond donors (Lipinski definition) is 1. The van der Waals surface area contributed by atoms with Gasteiger partial charge in [0.1, 0.15) is 0 Å². The van der Waals surface area contributed by atoms with Crippen LogP contribution in [-0.4, -0.2) is 30.7 Å². The van der Waals surface area contributed by atoms with Crippen LogP contribution in [0.1, 0.15) is 6.92 Å². The highest BCUT2D eigenvalue weighted by atomic mass is 31.2. The van der Waals surface area contributed by atoms with E-state index in [1.807, 2.05) is 5.92 Å². The molecular formula is C7H10FO5P. The Balaban J connectivity index is 5.49. The van der Waals surface area contributed by atoms with Gasteiger partial charge in [-0.2, -0.15) is 0 Å². The molecule has 0 bridgehead atoms. The van der Waals surface area contributed by atoms with Crippen LogP contribution in [0.15, 0.2) is 0 Å². The molecule has 0 saturated carbocycles. The topological polar surface area (TPSA) is 72.8 Å². The smallest absolute Gasteiger partial charge is 0.391 e. The number of aliphatic carboxylic acids is 1. The largest absolute Gasteiger partial charge is 0.478 e. The van der Waals surface area contributed by atoms with Crippen LogP contribution in [0.2, 0.25) is 0 Å². The highest BCUT2D eigenvalue weighted by Crippen LogP contribution is 2.59. The fraction of sp³-hybridized carbons (Fsp3) is 0.571. The first-order chi connectivity index (χ1) is 6.38. The van der Waals surface area contributed by atoms with Crippen LogP contribution in [0.5, 0.6) is 0 Å². The van der Waals surface area contributed by atoms with Crippen molar-refractivity contribution in [3.05, 3.63) is 0 Å². The summed E-state index contributed by atoms with van der Waals surface area (Å²) in [5.74, 6) is 1.70. The van der Waals surface area contributed by atoms with Crippen LogP contribution >= 0.6 is 7.60 Å². The van der Waals surface area contributed by atoms with E-state index in [0.717, 1.165) is 14.2 Å². The standard InChI is InChI=1S/C7H10FO5P/c1-4-5-7(8,6(9)10)14(11,12-2)13-3/h1-3H3,(H,9,10). The Bertz CT molecular complexity index is 323. The maximum Gasteiger partial charge on any atom is 0.391 e. The molecular weight excluding hydrogens is 214 g/mol. The first-order valence-electron chi connectivity index (χ1n) is 3.45. The van der Waals surface area contributed by atoms with Gasteiger partial charge in [-0.15, -0.1) is 5.92 Å². The van der Waals surface area contributed by atoms with Crippen LogP contribution in [0.25, 0.3) is 0 Å². The molecule has 0 rings (SSSR count). The molecule has 0 fully saturated rings. The van der Waals surface area contributed by atoms with Crippen LogP contribution in [-0.2, 0) is 18.4 Å². The second kappa shape index (κ2) is 4.56. The average molecular weight is 224 g/mol. The van der Waals surface area contributed by atoms with Gasteiger partial charge in [-0.25, -0.2) is 9.18 Å². The summed E-state index contributed by atoms with van der Waals surface area (Å²) in [7, 11) is -2.64. The van der Waals surface area contributed by atoms with Gasteiger partial charge in [0.25, 0.3) is 0 Å². The summed E-state index contributed by atoms with van der Waals surface area (Å²) in [6.45, 7) is 1.22. The van der Waals surface area contributed by atoms with Crippen molar-refractivity contribution in [1.29, 1.82) is 0 Å². The van der Waals surface area contributed by atoms with Gasteiger partial charge < -0.3 is 14.2 Å². The molecule has 0 saturated heterocycles. The molecule has 0 aliphatic rings. The minimum Gasteiger partial charge on any atom is -0.478 e. The zero-order valence-corrected chi connectivity index (χ0v) is 8.80. The maximum atomic E-state index is 13.7. The molecule has 1 N–H and O–H groups in total. The Kier molecular flexibility index (Phi) is 4.27. The summed E-state index contributed by atoms with van der Waals surface area (Å²) < 4.78 is 33.7. The Hall–Kier alpha value is -0.890. The lowest BCUT2D eigenvalue weighted by atomic mass is 10.4. The lowest BCUT2D eigenvalue weighted by Crippen LogP contribution is -2.33. The van der Waals surface area contributed by atoms with E-state index >= 15 is 0 Å². The quantitative estimate of drug-likeness (QED) is 0.574. The third kappa shape index (κ3) is 1.95. The molecule has 0 spiro atoms. The molecule has 14 heavy (non-hydrogen) atoms. The zero-order valence-electron chi connectivity index (χ0n) is 7.91. The third-order valence-electron chi connectivity index (χ3n) is 1.43. The molecule has 80 valence electrons. The van der Waals surface area contributed by atoms with Crippen molar-refractivity contribution in [2.75, 3.05) is 14.2 Å². The van der Waals surface area contributed by atoms with Crippen molar-refractivity contribution in [2.45, 2.75) is 12.3 Å². The van der Waals surface area contributed by atoms with Gasteiger partial charge in [-0.3, -0.25) is 4.57 Å². The first kappa shape index (κ1) is 13.1. The Labute approximate surface area is 80.7 Å². The number of alkyl halides is 1. The van der Waals surface area contributed by atoms with Crippen molar-refractivity contribution in [3.63, 3.8) is 0 Å². The number of carbonyl (C=O) groups is 1. The molecule has 0 aromatic heterocycles. The lowest BCUT2D eigenvalue weighted by Gasteiger charge is -2.22. The third-order valence-corrected chi connectivity index (χ3v) is 3.45. The molecule has 0 aromatic rings. The number of carboxylic acid groups (broad SMARTS) is 1. The van der Waals surface area contributed by atoms with Gasteiger partial charge in [-0.1, -0.05) is 0 Å². The van der Waals surface area contributed by atoms with Crippen molar-refractivity contribution in [1.82, 2.24) is 0 Å². The Morgan fingerprint density at radius 1 is 1.50 bits per heavy atom. The molecule has 0 heterocycles. The van der Waals surface area contributed by atoms with Crippen molar-refractivity contribution in [3.8, 4) is 11.8 Å². The SMILES string of the molecule is CC#CC(F)(C(=O)O)P(=O)(OC)OC. The summed E-state index contributed by atoms with van der Waals surface area (Å²) >= 11 is 0. The van der Waals surface area contributed by atoms with Crippen molar-refractivity contribution < 1.29 is 27.9 Å². The number of carboxylic acids is 1. The van der Waals surface area contributed by atoms with Gasteiger partial charge >= 0.3 is 19.0 Å². The molecule has 0 radical (unpaired) electrons. The molecule has 0 amide bonds. The summed E-state index contributed by atoms with van der Waals surface area (Å²) in [4.78, 5) is 10.6. The monoisotopic (exact) mass is 224 g/mol. The lowest BCUT2D eigenvalue weighted by molar-refractivity contribution is -0.143. The van der Waals surface area contributed by atoms with E-state index in [9.17, 15) is 13.8 Å². The van der Waals surface area contributed by atoms with Crippen molar-refractivity contribution >= 4 is 13.6 Å². The number of halogens is 1. The first-order valence-corrected chi connectivity index (χ1v) is 5.00. The van der Waals surface area contributed by atoms with Crippen LogP contribution in [0, 0.1) is 11.8 Å². The van der Waals surface area contributed by atoms with Crippen LogP contribution in [0.4, 0.5) is 4.39 Å². The van der Waals surface area contributed by atoms with Gasteiger partial charge in [-0.05, 0) is 12.8 Å². The highest BCUT2D eigenvalue weighted by molar-refractivity contribution is 7.56. The predicted molar refractivity (Wildman–Crippen MR) is 46.5 cm³/mol. The van der Waals surface area contributed by atoms with Crippen LogP contribution in [0.3, 0.4) is 0 Å². The van der Waals surface area contributed by atoms with Crippen LogP contribution < -0.4 is 0 Å². The van der Waals surface area contributed by atoms with E-state index in [-0.39, 0.29) is 0 Å². The van der Waals surface area contributed by atoms with E-state index < -0.39 is 19.0 Å². The summed E-state index contributed by atoms with van der Waals surface area (Å²) in [5.41, 5.74) is 0. The fourth-order valence-corrected chi connectivity index (χ4v) is 1.87. The minimum absolute atomic E-state index is 0.888. The molecule has 1 atom stereocenters. The van der Waals surface area contributed by atoms with Gasteiger partial charge in [0.2, 0.25) is 0 Å². The minimum atomic E-state index is -4.42. The molecule has 7 heteroatoms. The molecule has 0 aliphatic carbocycles. The second-order valence-corrected chi connectivity index (χ2v) is 4.51. The Morgan fingerprint density at radius 2 is 1.93 bits per heavy atom. The van der Waals surface area contributed by atoms with Crippen molar-refractivity contribution in [2.24, 2.45) is 0 Å². The highest BCUT2D eigenvalue weighted by Gasteiger charge is 2.57. The Morgan fingerprint density at radius 3 is 2.14 bits per heavy atom. The molecule has 0 aliphatic heterocycles. The average Bonchev–Trinajstić information content (AvgIpc) is 2.16. The van der Waals surface area contributed by atoms with E-state index in [1.54, 1.807) is 5.92 Å². The summed E-state index contributed by atoms with van der Waals surface area (Å²) in [5, 5.41) is 5.22. The fourth-order valence-electron chi connectivity index (χ4n) is 0.731. The second-order valence-electron chi connectivity index (χ2n) is 2.16. The molecule has 0 aromatic carbocycles. The number of hydrogen-bond acceptors (Lipinski definition) is 4. The van der Waals surface area contributed by atoms with E-state index in [2.05, 4.69) is 9.05 Å². The zero-order chi connectivity index (χ0) is 11.4. The van der Waals surface area contributed by atoms with Gasteiger partial charge in [0.05, 0.1) is 0 Å². The van der Waals surface area contributed by atoms with Gasteiger partial charge in [0, 0.05) is 14.2 Å². The molecule has 1 unspecified atom stereocenters. The number of rotatable bonds is 4.